The zero-order valence-corrected chi connectivity index (χ0v) is 12.7. The maximum Gasteiger partial charge on any atom is 0.307 e. The number of hydrogen-bond donors (Lipinski definition) is 1. The minimum atomic E-state index is -0.346. The quantitative estimate of drug-likeness (QED) is 0.823. The lowest BCUT2D eigenvalue weighted by Gasteiger charge is -2.13. The van der Waals surface area contributed by atoms with E-state index in [2.05, 4.69) is 15.0 Å². The summed E-state index contributed by atoms with van der Waals surface area (Å²) in [6, 6.07) is 7.09. The molecule has 0 aliphatic carbocycles. The average Bonchev–Trinajstić information content (AvgIpc) is 3.00. The summed E-state index contributed by atoms with van der Waals surface area (Å²) in [6.45, 7) is 2.42. The van der Waals surface area contributed by atoms with Crippen LogP contribution in [0.3, 0.4) is 0 Å². The number of amides is 1. The Bertz CT molecular complexity index is 638. The van der Waals surface area contributed by atoms with Gasteiger partial charge in [-0.25, -0.2) is 4.98 Å². The van der Waals surface area contributed by atoms with Crippen LogP contribution in [0, 0.1) is 0 Å². The highest BCUT2D eigenvalue weighted by Gasteiger charge is 2.13. The molecule has 0 spiro atoms. The van der Waals surface area contributed by atoms with Crippen molar-refractivity contribution >= 4 is 11.9 Å². The molecule has 1 N–H and O–H groups in total. The van der Waals surface area contributed by atoms with Gasteiger partial charge in [-0.1, -0.05) is 12.1 Å². The molecule has 0 saturated carbocycles. The molecular formula is C16H19N3O3. The van der Waals surface area contributed by atoms with E-state index < -0.39 is 0 Å². The maximum absolute atomic E-state index is 12.2. The van der Waals surface area contributed by atoms with Crippen LogP contribution in [-0.4, -0.2) is 34.6 Å². The maximum atomic E-state index is 12.2. The normalized spacial score (nSPS) is 11.7. The van der Waals surface area contributed by atoms with Crippen LogP contribution < -0.4 is 5.32 Å². The molecule has 1 heterocycles. The molecular weight excluding hydrogens is 282 g/mol. The van der Waals surface area contributed by atoms with Crippen LogP contribution in [0.15, 0.2) is 43.0 Å². The molecule has 22 heavy (non-hydrogen) atoms. The minimum Gasteiger partial charge on any atom is -0.469 e. The molecule has 6 heteroatoms. The molecule has 6 nitrogen and oxygen atoms in total. The molecule has 1 unspecified atom stereocenters. The van der Waals surface area contributed by atoms with Gasteiger partial charge in [-0.3, -0.25) is 9.59 Å². The number of hydrogen-bond acceptors (Lipinski definition) is 4. The van der Waals surface area contributed by atoms with Crippen LogP contribution in [-0.2, 0) is 16.1 Å². The van der Waals surface area contributed by atoms with Gasteiger partial charge in [0.2, 0.25) is 0 Å². The molecule has 0 aliphatic heterocycles. The van der Waals surface area contributed by atoms with Gasteiger partial charge in [-0.15, -0.1) is 0 Å². The Morgan fingerprint density at radius 3 is 2.91 bits per heavy atom. The predicted octanol–water partition coefficient (Wildman–Crippen LogP) is 1.61. The number of carbonyl (C=O) groups is 2. The summed E-state index contributed by atoms with van der Waals surface area (Å²) in [4.78, 5) is 27.4. The summed E-state index contributed by atoms with van der Waals surface area (Å²) < 4.78 is 6.51. The molecule has 0 aliphatic rings. The lowest BCUT2D eigenvalue weighted by atomic mass is 10.1. The van der Waals surface area contributed by atoms with Crippen molar-refractivity contribution < 1.29 is 14.3 Å². The molecule has 1 amide bonds. The minimum absolute atomic E-state index is 0.150. The van der Waals surface area contributed by atoms with Crippen LogP contribution >= 0.6 is 0 Å². The third-order valence-electron chi connectivity index (χ3n) is 3.19. The topological polar surface area (TPSA) is 73.2 Å². The number of methoxy groups -OCH3 is 1. The number of imidazole rings is 1. The number of carbonyl (C=O) groups excluding carboxylic acids is 2. The highest BCUT2D eigenvalue weighted by Crippen LogP contribution is 2.08. The number of nitrogens with one attached hydrogen (secondary N) is 1. The predicted molar refractivity (Wildman–Crippen MR) is 81.3 cm³/mol. The first-order valence-electron chi connectivity index (χ1n) is 7.01. The van der Waals surface area contributed by atoms with Gasteiger partial charge in [0.15, 0.2) is 0 Å². The SMILES string of the molecule is COC(=O)CC(C)NC(=O)c1cccc(Cn2ccnc2)c1. The van der Waals surface area contributed by atoms with Gasteiger partial charge in [0, 0.05) is 30.5 Å². The molecule has 1 aromatic carbocycles. The third-order valence-corrected chi connectivity index (χ3v) is 3.19. The highest BCUT2D eigenvalue weighted by molar-refractivity contribution is 5.94. The van der Waals surface area contributed by atoms with E-state index in [-0.39, 0.29) is 24.3 Å². The van der Waals surface area contributed by atoms with Crippen molar-refractivity contribution in [3.05, 3.63) is 54.1 Å². The first kappa shape index (κ1) is 15.8. The number of rotatable bonds is 6. The Labute approximate surface area is 129 Å². The van der Waals surface area contributed by atoms with Crippen LogP contribution in [0.2, 0.25) is 0 Å². The number of aromatic nitrogens is 2. The van der Waals surface area contributed by atoms with Gasteiger partial charge >= 0.3 is 5.97 Å². The zero-order chi connectivity index (χ0) is 15.9. The van der Waals surface area contributed by atoms with Crippen molar-refractivity contribution in [2.24, 2.45) is 0 Å². The van der Waals surface area contributed by atoms with E-state index in [1.54, 1.807) is 25.5 Å². The number of benzene rings is 1. The number of nitrogens with zero attached hydrogens (tertiary/aromatic N) is 2. The van der Waals surface area contributed by atoms with E-state index in [0.29, 0.717) is 12.1 Å². The van der Waals surface area contributed by atoms with Crippen LogP contribution in [0.25, 0.3) is 0 Å². The third kappa shape index (κ3) is 4.44. The lowest BCUT2D eigenvalue weighted by molar-refractivity contribution is -0.141. The fraction of sp³-hybridized carbons (Fsp3) is 0.312. The molecule has 1 aromatic heterocycles. The Balaban J connectivity index is 1.99. The molecule has 0 fully saturated rings. The second-order valence-electron chi connectivity index (χ2n) is 5.09. The van der Waals surface area contributed by atoms with Crippen molar-refractivity contribution in [1.29, 1.82) is 0 Å². The summed E-state index contributed by atoms with van der Waals surface area (Å²) in [5.41, 5.74) is 1.57. The van der Waals surface area contributed by atoms with E-state index >= 15 is 0 Å². The largest absolute Gasteiger partial charge is 0.469 e. The van der Waals surface area contributed by atoms with E-state index in [9.17, 15) is 9.59 Å². The standard InChI is InChI=1S/C16H19N3O3/c1-12(8-15(20)22-2)18-16(21)14-5-3-4-13(9-14)10-19-7-6-17-11-19/h3-7,9,11-12H,8,10H2,1-2H3,(H,18,21). The second-order valence-corrected chi connectivity index (χ2v) is 5.09. The molecule has 0 radical (unpaired) electrons. The van der Waals surface area contributed by atoms with Crippen LogP contribution in [0.5, 0.6) is 0 Å². The summed E-state index contributed by atoms with van der Waals surface area (Å²) in [5.74, 6) is -0.550. The second kappa shape index (κ2) is 7.40. The van der Waals surface area contributed by atoms with Crippen molar-refractivity contribution in [2.75, 3.05) is 7.11 Å². The van der Waals surface area contributed by atoms with Gasteiger partial charge in [-0.2, -0.15) is 0 Å². The number of esters is 1. The van der Waals surface area contributed by atoms with Gasteiger partial charge in [0.25, 0.3) is 5.91 Å². The molecule has 2 aromatic rings. The van der Waals surface area contributed by atoms with E-state index in [0.717, 1.165) is 5.56 Å². The lowest BCUT2D eigenvalue weighted by Crippen LogP contribution is -2.34. The first-order valence-corrected chi connectivity index (χ1v) is 7.01. The fourth-order valence-electron chi connectivity index (χ4n) is 2.09. The summed E-state index contributed by atoms with van der Waals surface area (Å²) in [5, 5.41) is 2.79. The van der Waals surface area contributed by atoms with E-state index in [4.69, 9.17) is 0 Å². The average molecular weight is 301 g/mol. The summed E-state index contributed by atoms with van der Waals surface area (Å²) in [6.07, 6.45) is 5.46. The molecule has 0 saturated heterocycles. The Kier molecular flexibility index (Phi) is 5.30. The smallest absolute Gasteiger partial charge is 0.307 e. The van der Waals surface area contributed by atoms with Gasteiger partial charge < -0.3 is 14.6 Å². The number of ether oxygens (including phenoxy) is 1. The highest BCUT2D eigenvalue weighted by atomic mass is 16.5. The molecule has 2 rings (SSSR count). The molecule has 1 atom stereocenters. The van der Waals surface area contributed by atoms with Crippen molar-refractivity contribution in [2.45, 2.75) is 25.9 Å². The van der Waals surface area contributed by atoms with E-state index in [1.165, 1.54) is 7.11 Å². The Morgan fingerprint density at radius 2 is 2.23 bits per heavy atom. The Hall–Kier alpha value is -2.63. The van der Waals surface area contributed by atoms with Crippen LogP contribution in [0.1, 0.15) is 29.3 Å². The zero-order valence-electron chi connectivity index (χ0n) is 12.7. The van der Waals surface area contributed by atoms with Gasteiger partial charge in [-0.05, 0) is 24.6 Å². The first-order chi connectivity index (χ1) is 10.6. The molecule has 116 valence electrons. The van der Waals surface area contributed by atoms with Crippen LogP contribution in [0.4, 0.5) is 0 Å². The van der Waals surface area contributed by atoms with Gasteiger partial charge in [0.1, 0.15) is 0 Å². The summed E-state index contributed by atoms with van der Waals surface area (Å²) >= 11 is 0. The van der Waals surface area contributed by atoms with Crippen molar-refractivity contribution in [3.8, 4) is 0 Å². The van der Waals surface area contributed by atoms with Gasteiger partial charge in [0.05, 0.1) is 19.9 Å². The summed E-state index contributed by atoms with van der Waals surface area (Å²) in [7, 11) is 1.33. The fourth-order valence-corrected chi connectivity index (χ4v) is 2.09. The monoisotopic (exact) mass is 301 g/mol. The van der Waals surface area contributed by atoms with E-state index in [1.807, 2.05) is 29.0 Å². The Morgan fingerprint density at radius 1 is 1.41 bits per heavy atom. The molecule has 0 bridgehead atoms. The van der Waals surface area contributed by atoms with Crippen molar-refractivity contribution in [3.63, 3.8) is 0 Å². The van der Waals surface area contributed by atoms with Crippen molar-refractivity contribution in [1.82, 2.24) is 14.9 Å².